The van der Waals surface area contributed by atoms with E-state index in [2.05, 4.69) is 26.6 Å². The lowest BCUT2D eigenvalue weighted by Crippen LogP contribution is -2.19. The van der Waals surface area contributed by atoms with E-state index in [-0.39, 0.29) is 6.03 Å². The molecule has 0 radical (unpaired) electrons. The van der Waals surface area contributed by atoms with E-state index in [1.54, 1.807) is 30.3 Å². The Balaban J connectivity index is 2.03. The van der Waals surface area contributed by atoms with E-state index in [4.69, 9.17) is 16.0 Å². The number of aryl methyl sites for hydroxylation is 1. The number of hydrogen-bond acceptors (Lipinski definition) is 2. The number of hydrogen-bond donors (Lipinski definition) is 2. The second kappa shape index (κ2) is 5.46. The van der Waals surface area contributed by atoms with Crippen LogP contribution >= 0.6 is 27.5 Å². The van der Waals surface area contributed by atoms with Crippen LogP contribution in [0.5, 0.6) is 0 Å². The Bertz CT molecular complexity index is 583. The molecule has 0 bridgehead atoms. The minimum atomic E-state index is -0.373. The van der Waals surface area contributed by atoms with Crippen molar-refractivity contribution in [3.63, 3.8) is 0 Å². The number of amides is 2. The molecule has 2 amide bonds. The summed E-state index contributed by atoms with van der Waals surface area (Å²) in [6.45, 7) is 1.87. The number of benzene rings is 1. The molecule has 6 heteroatoms. The van der Waals surface area contributed by atoms with Crippen molar-refractivity contribution in [2.24, 2.45) is 0 Å². The number of nitrogens with one attached hydrogen (secondary N) is 2. The Morgan fingerprint density at radius 2 is 2.06 bits per heavy atom. The van der Waals surface area contributed by atoms with Crippen molar-refractivity contribution in [2.45, 2.75) is 6.92 Å². The maximum absolute atomic E-state index is 11.7. The van der Waals surface area contributed by atoms with Crippen molar-refractivity contribution in [2.75, 3.05) is 10.6 Å². The molecule has 0 aliphatic rings. The molecule has 0 spiro atoms. The molecule has 0 aliphatic heterocycles. The van der Waals surface area contributed by atoms with Crippen LogP contribution in [0.1, 0.15) is 5.56 Å². The summed E-state index contributed by atoms with van der Waals surface area (Å²) in [5.41, 5.74) is 1.58. The normalized spacial score (nSPS) is 10.2. The van der Waals surface area contributed by atoms with Crippen LogP contribution in [-0.4, -0.2) is 6.03 Å². The summed E-state index contributed by atoms with van der Waals surface area (Å²) < 4.78 is 5.72. The van der Waals surface area contributed by atoms with Gasteiger partial charge in [0.2, 0.25) is 5.88 Å². The van der Waals surface area contributed by atoms with Gasteiger partial charge in [0.05, 0.1) is 0 Å². The van der Waals surface area contributed by atoms with Gasteiger partial charge in [-0.15, -0.1) is 0 Å². The molecule has 0 fully saturated rings. The molecule has 2 N–H and O–H groups in total. The molecule has 0 saturated carbocycles. The van der Waals surface area contributed by atoms with Gasteiger partial charge in [-0.2, -0.15) is 0 Å². The molecule has 94 valence electrons. The van der Waals surface area contributed by atoms with E-state index in [9.17, 15) is 4.79 Å². The van der Waals surface area contributed by atoms with Crippen LogP contribution < -0.4 is 10.6 Å². The first kappa shape index (κ1) is 13.0. The molecule has 0 aliphatic carbocycles. The number of carbonyl (C=O) groups is 1. The standard InChI is InChI=1S/C12H10BrClN2O2/c1-7-6-8(14)2-3-9(7)15-12(17)16-11-5-4-10(13)18-11/h2-6H,1H3,(H2,15,16,17). The summed E-state index contributed by atoms with van der Waals surface area (Å²) in [6, 6.07) is 8.22. The van der Waals surface area contributed by atoms with Crippen molar-refractivity contribution in [3.05, 3.63) is 45.6 Å². The van der Waals surface area contributed by atoms with E-state index in [0.29, 0.717) is 21.3 Å². The lowest BCUT2D eigenvalue weighted by atomic mass is 10.2. The second-order valence-corrected chi connectivity index (χ2v) is 4.86. The SMILES string of the molecule is Cc1cc(Cl)ccc1NC(=O)Nc1ccc(Br)o1. The smallest absolute Gasteiger partial charge is 0.326 e. The van der Waals surface area contributed by atoms with Crippen molar-refractivity contribution >= 4 is 45.1 Å². The Labute approximate surface area is 117 Å². The summed E-state index contributed by atoms with van der Waals surface area (Å²) in [6.07, 6.45) is 0. The van der Waals surface area contributed by atoms with E-state index in [0.717, 1.165) is 5.56 Å². The molecule has 2 rings (SSSR count). The molecule has 0 unspecified atom stereocenters. The highest BCUT2D eigenvalue weighted by Crippen LogP contribution is 2.21. The highest BCUT2D eigenvalue weighted by molar-refractivity contribution is 9.10. The molecular weight excluding hydrogens is 320 g/mol. The predicted molar refractivity (Wildman–Crippen MR) is 75.2 cm³/mol. The maximum atomic E-state index is 11.7. The molecular formula is C12H10BrClN2O2. The van der Waals surface area contributed by atoms with Gasteiger partial charge in [0.25, 0.3) is 0 Å². The minimum absolute atomic E-state index is 0.367. The third-order valence-corrected chi connectivity index (χ3v) is 2.91. The highest BCUT2D eigenvalue weighted by atomic mass is 79.9. The molecule has 1 heterocycles. The van der Waals surface area contributed by atoms with Gasteiger partial charge in [-0.05, 0) is 52.7 Å². The van der Waals surface area contributed by atoms with Gasteiger partial charge in [0, 0.05) is 16.8 Å². The Morgan fingerprint density at radius 3 is 2.67 bits per heavy atom. The van der Waals surface area contributed by atoms with Gasteiger partial charge in [-0.3, -0.25) is 5.32 Å². The Hall–Kier alpha value is -1.46. The van der Waals surface area contributed by atoms with Crippen LogP contribution in [0, 0.1) is 6.92 Å². The fraction of sp³-hybridized carbons (Fsp3) is 0.0833. The maximum Gasteiger partial charge on any atom is 0.326 e. The zero-order valence-corrected chi connectivity index (χ0v) is 11.8. The van der Waals surface area contributed by atoms with E-state index < -0.39 is 0 Å². The number of carbonyl (C=O) groups excluding carboxylic acids is 1. The number of anilines is 2. The fourth-order valence-electron chi connectivity index (χ4n) is 1.41. The second-order valence-electron chi connectivity index (χ2n) is 3.64. The van der Waals surface area contributed by atoms with E-state index in [1.807, 2.05) is 6.92 Å². The van der Waals surface area contributed by atoms with Crippen LogP contribution in [-0.2, 0) is 0 Å². The van der Waals surface area contributed by atoms with Crippen molar-refractivity contribution in [1.82, 2.24) is 0 Å². The summed E-state index contributed by atoms with van der Waals surface area (Å²) in [5, 5.41) is 5.92. The topological polar surface area (TPSA) is 54.3 Å². The van der Waals surface area contributed by atoms with Crippen LogP contribution in [0.3, 0.4) is 0 Å². The summed E-state index contributed by atoms with van der Waals surface area (Å²) in [7, 11) is 0. The van der Waals surface area contributed by atoms with Crippen molar-refractivity contribution in [3.8, 4) is 0 Å². The number of furan rings is 1. The monoisotopic (exact) mass is 328 g/mol. The number of halogens is 2. The molecule has 1 aromatic carbocycles. The molecule has 2 aromatic rings. The molecule has 0 atom stereocenters. The first-order valence-electron chi connectivity index (χ1n) is 5.14. The molecule has 18 heavy (non-hydrogen) atoms. The summed E-state index contributed by atoms with van der Waals surface area (Å²) >= 11 is 8.99. The summed E-state index contributed by atoms with van der Waals surface area (Å²) in [4.78, 5) is 11.7. The average Bonchev–Trinajstić information content (AvgIpc) is 2.68. The molecule has 4 nitrogen and oxygen atoms in total. The highest BCUT2D eigenvalue weighted by Gasteiger charge is 2.07. The lowest BCUT2D eigenvalue weighted by Gasteiger charge is -2.08. The van der Waals surface area contributed by atoms with Crippen LogP contribution in [0.25, 0.3) is 0 Å². The Kier molecular flexibility index (Phi) is 3.93. The zero-order chi connectivity index (χ0) is 13.1. The summed E-state index contributed by atoms with van der Waals surface area (Å²) in [5.74, 6) is 0.367. The van der Waals surface area contributed by atoms with Gasteiger partial charge >= 0.3 is 6.03 Å². The van der Waals surface area contributed by atoms with Crippen LogP contribution in [0.2, 0.25) is 5.02 Å². The van der Waals surface area contributed by atoms with Crippen molar-refractivity contribution in [1.29, 1.82) is 0 Å². The molecule has 0 saturated heterocycles. The van der Waals surface area contributed by atoms with E-state index >= 15 is 0 Å². The molecule has 1 aromatic heterocycles. The first-order valence-corrected chi connectivity index (χ1v) is 6.31. The lowest BCUT2D eigenvalue weighted by molar-refractivity contribution is 0.261. The third-order valence-electron chi connectivity index (χ3n) is 2.25. The van der Waals surface area contributed by atoms with Crippen LogP contribution in [0.15, 0.2) is 39.4 Å². The van der Waals surface area contributed by atoms with Crippen molar-refractivity contribution < 1.29 is 9.21 Å². The number of rotatable bonds is 2. The first-order chi connectivity index (χ1) is 8.54. The van der Waals surface area contributed by atoms with Gasteiger partial charge < -0.3 is 9.73 Å². The average molecular weight is 330 g/mol. The largest absolute Gasteiger partial charge is 0.434 e. The van der Waals surface area contributed by atoms with Crippen LogP contribution in [0.4, 0.5) is 16.4 Å². The van der Waals surface area contributed by atoms with Gasteiger partial charge in [-0.25, -0.2) is 4.79 Å². The number of urea groups is 1. The Morgan fingerprint density at radius 1 is 1.28 bits per heavy atom. The zero-order valence-electron chi connectivity index (χ0n) is 9.46. The third kappa shape index (κ3) is 3.27. The quantitative estimate of drug-likeness (QED) is 0.842. The van der Waals surface area contributed by atoms with Gasteiger partial charge in [0.1, 0.15) is 0 Å². The fourth-order valence-corrected chi connectivity index (χ4v) is 1.95. The van der Waals surface area contributed by atoms with E-state index in [1.165, 1.54) is 0 Å². The predicted octanol–water partition coefficient (Wildman–Crippen LogP) is 4.65. The van der Waals surface area contributed by atoms with Gasteiger partial charge in [0.15, 0.2) is 4.67 Å². The van der Waals surface area contributed by atoms with Gasteiger partial charge in [-0.1, -0.05) is 11.6 Å². The minimum Gasteiger partial charge on any atom is -0.434 e.